The highest BCUT2D eigenvalue weighted by Crippen LogP contribution is 2.69. The fraction of sp³-hybridized carbons (Fsp3) is 1.00. The Kier molecular flexibility index (Phi) is 10.9. The van der Waals surface area contributed by atoms with Crippen molar-refractivity contribution in [3.05, 3.63) is 0 Å². The predicted octanol–water partition coefficient (Wildman–Crippen LogP) is 5.87. The van der Waals surface area contributed by atoms with Crippen molar-refractivity contribution < 1.29 is 10.2 Å². The van der Waals surface area contributed by atoms with Crippen LogP contribution in [0, 0.1) is 46.3 Å². The lowest BCUT2D eigenvalue weighted by molar-refractivity contribution is -0.234. The zero-order chi connectivity index (χ0) is 28.3. The van der Waals surface area contributed by atoms with Gasteiger partial charge in [0.2, 0.25) is 0 Å². The normalized spacial score (nSPS) is 42.7. The Labute approximate surface area is 241 Å². The maximum Gasteiger partial charge on any atom is 0.0880 e. The molecule has 2 unspecified atom stereocenters. The van der Waals surface area contributed by atoms with Gasteiger partial charge in [0.05, 0.1) is 11.7 Å². The van der Waals surface area contributed by atoms with Gasteiger partial charge < -0.3 is 26.6 Å². The van der Waals surface area contributed by atoms with E-state index < -0.39 is 5.60 Å². The monoisotopic (exact) mass is 548 g/mol. The Hall–Kier alpha value is -0.200. The first-order chi connectivity index (χ1) is 18.6. The molecule has 4 fully saturated rings. The van der Waals surface area contributed by atoms with Crippen molar-refractivity contribution in [3.8, 4) is 0 Å². The van der Waals surface area contributed by atoms with Crippen LogP contribution in [0.25, 0.3) is 0 Å². The Morgan fingerprint density at radius 2 is 1.64 bits per heavy atom. The van der Waals surface area contributed by atoms with E-state index in [4.69, 9.17) is 5.73 Å². The third kappa shape index (κ3) is 6.43. The first-order valence-corrected chi connectivity index (χ1v) is 17.1. The number of hydrogen-bond donors (Lipinski definition) is 5. The molecule has 0 aromatic carbocycles. The second-order valence-corrected chi connectivity index (χ2v) is 15.5. The van der Waals surface area contributed by atoms with Crippen molar-refractivity contribution in [1.29, 1.82) is 0 Å². The number of fused-ring (bicyclic) bond motifs is 5. The van der Waals surface area contributed by atoms with Gasteiger partial charge in [-0.25, -0.2) is 0 Å². The highest BCUT2D eigenvalue weighted by molar-refractivity contribution is 5.18. The van der Waals surface area contributed by atoms with Crippen LogP contribution in [0.5, 0.6) is 0 Å². The largest absolute Gasteiger partial charge is 0.393 e. The number of nitrogens with two attached hydrogens (primary N) is 1. The molecule has 0 spiro atoms. The molecule has 228 valence electrons. The van der Waals surface area contributed by atoms with Gasteiger partial charge in [0.15, 0.2) is 0 Å². The molecule has 0 radical (unpaired) electrons. The van der Waals surface area contributed by atoms with Crippen molar-refractivity contribution in [2.45, 2.75) is 142 Å². The first-order valence-electron chi connectivity index (χ1n) is 17.1. The van der Waals surface area contributed by atoms with Gasteiger partial charge in [-0.05, 0) is 131 Å². The molecule has 4 aliphatic rings. The van der Waals surface area contributed by atoms with Gasteiger partial charge in [-0.15, -0.1) is 0 Å². The SMILES string of the molecule is CC(C)CCC[C@@H](C)[C@H]1CC[C@H]2[C@@H]3C[C@@H](NCCCNCCCCN)C4(O)CC(O)CC[C@]4(C)[C@H]3CC[C@]12C. The Bertz CT molecular complexity index is 763. The van der Waals surface area contributed by atoms with Crippen LogP contribution in [0.1, 0.15) is 125 Å². The lowest BCUT2D eigenvalue weighted by Crippen LogP contribution is -2.71. The minimum absolute atomic E-state index is 0.0841. The van der Waals surface area contributed by atoms with E-state index in [-0.39, 0.29) is 17.6 Å². The molecule has 4 saturated carbocycles. The second kappa shape index (κ2) is 13.4. The molecule has 0 aromatic rings. The third-order valence-corrected chi connectivity index (χ3v) is 12.8. The predicted molar refractivity (Wildman–Crippen MR) is 163 cm³/mol. The summed E-state index contributed by atoms with van der Waals surface area (Å²) in [5.74, 6) is 4.56. The Morgan fingerprint density at radius 1 is 0.872 bits per heavy atom. The van der Waals surface area contributed by atoms with Gasteiger partial charge in [0, 0.05) is 17.9 Å². The molecule has 0 heterocycles. The number of aliphatic hydroxyl groups is 2. The molecule has 0 aliphatic heterocycles. The van der Waals surface area contributed by atoms with Crippen LogP contribution >= 0.6 is 0 Å². The zero-order valence-corrected chi connectivity index (χ0v) is 26.3. The first kappa shape index (κ1) is 31.7. The summed E-state index contributed by atoms with van der Waals surface area (Å²) in [5.41, 5.74) is 5.16. The summed E-state index contributed by atoms with van der Waals surface area (Å²) in [7, 11) is 0. The summed E-state index contributed by atoms with van der Waals surface area (Å²) < 4.78 is 0. The van der Waals surface area contributed by atoms with Crippen LogP contribution in [0.2, 0.25) is 0 Å². The van der Waals surface area contributed by atoms with Crippen LogP contribution in [0.15, 0.2) is 0 Å². The third-order valence-electron chi connectivity index (χ3n) is 12.8. The summed E-state index contributed by atoms with van der Waals surface area (Å²) in [6.45, 7) is 16.1. The molecule has 0 saturated heterocycles. The smallest absolute Gasteiger partial charge is 0.0880 e. The lowest BCUT2D eigenvalue weighted by Gasteiger charge is -2.66. The van der Waals surface area contributed by atoms with Gasteiger partial charge in [0.25, 0.3) is 0 Å². The van der Waals surface area contributed by atoms with Crippen molar-refractivity contribution in [2.75, 3.05) is 26.2 Å². The number of nitrogens with one attached hydrogen (secondary N) is 2. The van der Waals surface area contributed by atoms with Crippen LogP contribution in [0.3, 0.4) is 0 Å². The quantitative estimate of drug-likeness (QED) is 0.176. The highest BCUT2D eigenvalue weighted by Gasteiger charge is 2.67. The fourth-order valence-corrected chi connectivity index (χ4v) is 10.6. The van der Waals surface area contributed by atoms with E-state index in [2.05, 4.69) is 45.3 Å². The van der Waals surface area contributed by atoms with Crippen molar-refractivity contribution >= 4 is 0 Å². The van der Waals surface area contributed by atoms with Crippen LogP contribution in [0.4, 0.5) is 0 Å². The average molecular weight is 548 g/mol. The van der Waals surface area contributed by atoms with E-state index >= 15 is 0 Å². The molecule has 6 N–H and O–H groups in total. The van der Waals surface area contributed by atoms with Gasteiger partial charge in [-0.2, -0.15) is 0 Å². The standard InChI is InChI=1S/C34H65N3O2/c1-24(2)10-8-11-25(3)28-12-13-29-27-22-31(37-21-9-20-36-19-7-6-18-35)34(39)23-26(38)14-17-33(34,5)30(27)15-16-32(28,29)4/h24-31,36-39H,6-23,35H2,1-5H3/t25-,26?,27+,28-,29+,30+,31-,32-,33-,34?/m1/s1. The summed E-state index contributed by atoms with van der Waals surface area (Å²) >= 11 is 0. The number of rotatable bonds is 14. The van der Waals surface area contributed by atoms with Crippen molar-refractivity contribution in [1.82, 2.24) is 10.6 Å². The average Bonchev–Trinajstić information content (AvgIpc) is 3.24. The summed E-state index contributed by atoms with van der Waals surface area (Å²) in [5, 5.41) is 30.6. The molecule has 0 amide bonds. The number of aliphatic hydroxyl groups excluding tert-OH is 1. The van der Waals surface area contributed by atoms with E-state index in [0.717, 1.165) is 88.4 Å². The molecule has 0 aromatic heterocycles. The minimum Gasteiger partial charge on any atom is -0.393 e. The molecular formula is C34H65N3O2. The molecule has 39 heavy (non-hydrogen) atoms. The van der Waals surface area contributed by atoms with Gasteiger partial charge >= 0.3 is 0 Å². The van der Waals surface area contributed by atoms with Gasteiger partial charge in [-0.1, -0.05) is 53.9 Å². The Balaban J connectivity index is 1.45. The maximum absolute atomic E-state index is 12.5. The minimum atomic E-state index is -0.809. The van der Waals surface area contributed by atoms with E-state index in [9.17, 15) is 10.2 Å². The topological polar surface area (TPSA) is 90.5 Å². The zero-order valence-electron chi connectivity index (χ0n) is 26.3. The van der Waals surface area contributed by atoms with Crippen molar-refractivity contribution in [3.63, 3.8) is 0 Å². The molecule has 5 nitrogen and oxygen atoms in total. The van der Waals surface area contributed by atoms with E-state index in [1.165, 1.54) is 44.9 Å². The number of unbranched alkanes of at least 4 members (excludes halogenated alkanes) is 1. The fourth-order valence-electron chi connectivity index (χ4n) is 10.6. The molecule has 4 rings (SSSR count). The summed E-state index contributed by atoms with van der Waals surface area (Å²) in [6, 6.07) is 0.0841. The molecule has 10 atom stereocenters. The highest BCUT2D eigenvalue weighted by atomic mass is 16.3. The van der Waals surface area contributed by atoms with Crippen LogP contribution in [-0.2, 0) is 0 Å². The van der Waals surface area contributed by atoms with Crippen molar-refractivity contribution in [2.24, 2.45) is 52.1 Å². The van der Waals surface area contributed by atoms with Gasteiger partial charge in [0.1, 0.15) is 0 Å². The summed E-state index contributed by atoms with van der Waals surface area (Å²) in [6.07, 6.45) is 15.9. The van der Waals surface area contributed by atoms with E-state index in [1.807, 2.05) is 0 Å². The van der Waals surface area contributed by atoms with Crippen LogP contribution < -0.4 is 16.4 Å². The summed E-state index contributed by atoms with van der Waals surface area (Å²) in [4.78, 5) is 0. The van der Waals surface area contributed by atoms with Crippen LogP contribution in [-0.4, -0.2) is 54.1 Å². The van der Waals surface area contributed by atoms with Gasteiger partial charge in [-0.3, -0.25) is 0 Å². The van der Waals surface area contributed by atoms with E-state index in [0.29, 0.717) is 23.7 Å². The maximum atomic E-state index is 12.5. The molecular weight excluding hydrogens is 482 g/mol. The molecule has 4 aliphatic carbocycles. The van der Waals surface area contributed by atoms with E-state index in [1.54, 1.807) is 0 Å². The molecule has 5 heteroatoms. The number of hydrogen-bond acceptors (Lipinski definition) is 5. The molecule has 0 bridgehead atoms. The second-order valence-electron chi connectivity index (χ2n) is 15.5. The lowest BCUT2D eigenvalue weighted by atomic mass is 9.42. The Morgan fingerprint density at radius 3 is 2.38 bits per heavy atom.